The molecule has 0 aromatic heterocycles. The summed E-state index contributed by atoms with van der Waals surface area (Å²) < 4.78 is 10.8. The van der Waals surface area contributed by atoms with Crippen LogP contribution in [0.15, 0.2) is 11.9 Å². The van der Waals surface area contributed by atoms with Crippen LogP contribution in [-0.4, -0.2) is 21.1 Å². The molecular weight excluding hydrogens is 163 g/mol. The van der Waals surface area contributed by atoms with E-state index >= 15 is 0 Å². The maximum absolute atomic E-state index is 5.42. The summed E-state index contributed by atoms with van der Waals surface area (Å²) in [4.78, 5) is 0. The molecule has 0 aliphatic heterocycles. The summed E-state index contributed by atoms with van der Waals surface area (Å²) in [5.41, 5.74) is 0. The lowest BCUT2D eigenvalue weighted by atomic mass is 10.2. The van der Waals surface area contributed by atoms with E-state index in [0.717, 1.165) is 38.9 Å². The smallest absolute Gasteiger partial charge is 0.265 e. The highest BCUT2D eigenvalue weighted by atomic mass is 16.7. The molecule has 0 aromatic carbocycles. The zero-order valence-corrected chi connectivity index (χ0v) is 9.14. The molecule has 0 atom stereocenters. The lowest BCUT2D eigenvalue weighted by Gasteiger charge is -2.10. The average Bonchev–Trinajstić information content (AvgIpc) is 2.16. The third-order valence-corrected chi connectivity index (χ3v) is 1.72. The van der Waals surface area contributed by atoms with Crippen molar-refractivity contribution in [2.24, 2.45) is 0 Å². The zero-order valence-electron chi connectivity index (χ0n) is 9.14. The molecule has 0 fully saturated rings. The van der Waals surface area contributed by atoms with Gasteiger partial charge in [0.05, 0.1) is 13.2 Å². The number of rotatable bonds is 8. The molecule has 0 aliphatic rings. The summed E-state index contributed by atoms with van der Waals surface area (Å²) >= 11 is 0. The first-order valence-electron chi connectivity index (χ1n) is 5.27. The molecule has 0 saturated carbocycles. The lowest BCUT2D eigenvalue weighted by molar-refractivity contribution is 0.0340. The first kappa shape index (κ1) is 12.4. The molecule has 0 heterocycles. The minimum Gasteiger partial charge on any atom is -0.466 e. The molecule has 0 aromatic rings. The maximum Gasteiger partial charge on any atom is 0.265 e. The van der Waals surface area contributed by atoms with E-state index in [2.05, 4.69) is 13.8 Å². The Morgan fingerprint density at radius 3 is 1.85 bits per heavy atom. The van der Waals surface area contributed by atoms with Crippen molar-refractivity contribution >= 4 is 7.85 Å². The van der Waals surface area contributed by atoms with Crippen molar-refractivity contribution < 1.29 is 9.47 Å². The molecule has 0 aliphatic carbocycles. The fourth-order valence-corrected chi connectivity index (χ4v) is 0.843. The van der Waals surface area contributed by atoms with E-state index in [4.69, 9.17) is 9.47 Å². The normalized spacial score (nSPS) is 9.38. The Kier molecular flexibility index (Phi) is 9.06. The van der Waals surface area contributed by atoms with E-state index in [1.807, 2.05) is 13.8 Å². The summed E-state index contributed by atoms with van der Waals surface area (Å²) in [6, 6.07) is 0. The molecule has 2 nitrogen and oxygen atoms in total. The third-order valence-electron chi connectivity index (χ3n) is 1.72. The Morgan fingerprint density at radius 2 is 1.54 bits per heavy atom. The molecule has 0 N–H and O–H groups in total. The predicted octanol–water partition coefficient (Wildman–Crippen LogP) is 2.05. The van der Waals surface area contributed by atoms with Crippen molar-refractivity contribution in [1.29, 1.82) is 0 Å². The van der Waals surface area contributed by atoms with Crippen LogP contribution >= 0.6 is 0 Å². The van der Waals surface area contributed by atoms with Crippen LogP contribution in [0.5, 0.6) is 0 Å². The van der Waals surface area contributed by atoms with Crippen LogP contribution in [0, 0.1) is 0 Å². The van der Waals surface area contributed by atoms with Gasteiger partial charge < -0.3 is 9.47 Å². The van der Waals surface area contributed by atoms with Gasteiger partial charge in [-0.15, -0.1) is 0 Å². The van der Waals surface area contributed by atoms with E-state index in [1.54, 1.807) is 0 Å². The number of ether oxygens (including phenoxy) is 2. The quantitative estimate of drug-likeness (QED) is 0.326. The number of unbranched alkanes of at least 4 members (excludes halogenated alkanes) is 2. The molecule has 0 radical (unpaired) electrons. The molecule has 0 bridgehead atoms. The van der Waals surface area contributed by atoms with Crippen molar-refractivity contribution in [1.82, 2.24) is 0 Å². The monoisotopic (exact) mass is 184 g/mol. The molecule has 3 heteroatoms. The Balaban J connectivity index is 3.41. The highest BCUT2D eigenvalue weighted by Gasteiger charge is 1.96. The number of hydrogen-bond donors (Lipinski definition) is 0. The van der Waals surface area contributed by atoms with Crippen LogP contribution in [0.25, 0.3) is 0 Å². The molecular formula is C10H21BO2. The van der Waals surface area contributed by atoms with Crippen molar-refractivity contribution in [3.63, 3.8) is 0 Å². The molecule has 0 amide bonds. The SMILES string of the molecule is BC=C(OCCCC)OCCCC. The molecule has 76 valence electrons. The van der Waals surface area contributed by atoms with Gasteiger partial charge in [-0.2, -0.15) is 0 Å². The van der Waals surface area contributed by atoms with E-state index in [9.17, 15) is 0 Å². The lowest BCUT2D eigenvalue weighted by Crippen LogP contribution is -2.01. The second kappa shape index (κ2) is 9.49. The molecule has 0 unspecified atom stereocenters. The summed E-state index contributed by atoms with van der Waals surface area (Å²) in [7, 11) is 1.94. The van der Waals surface area contributed by atoms with Crippen molar-refractivity contribution in [3.05, 3.63) is 11.9 Å². The average molecular weight is 184 g/mol. The van der Waals surface area contributed by atoms with Crippen LogP contribution in [0.1, 0.15) is 39.5 Å². The zero-order chi connectivity index (χ0) is 9.94. The van der Waals surface area contributed by atoms with Gasteiger partial charge in [-0.3, -0.25) is 0 Å². The second-order valence-electron chi connectivity index (χ2n) is 3.01. The van der Waals surface area contributed by atoms with Gasteiger partial charge in [0.25, 0.3) is 5.95 Å². The summed E-state index contributed by atoms with van der Waals surface area (Å²) in [6.07, 6.45) is 4.50. The van der Waals surface area contributed by atoms with Crippen molar-refractivity contribution in [2.45, 2.75) is 39.5 Å². The van der Waals surface area contributed by atoms with Crippen LogP contribution in [0.3, 0.4) is 0 Å². The third kappa shape index (κ3) is 7.76. The minimum absolute atomic E-state index is 0.682. The minimum atomic E-state index is 0.682. The van der Waals surface area contributed by atoms with Crippen molar-refractivity contribution in [3.8, 4) is 0 Å². The van der Waals surface area contributed by atoms with Crippen LogP contribution in [-0.2, 0) is 9.47 Å². The second-order valence-corrected chi connectivity index (χ2v) is 3.01. The molecule has 0 rings (SSSR count). The molecule has 0 saturated heterocycles. The van der Waals surface area contributed by atoms with Crippen LogP contribution in [0.2, 0.25) is 0 Å². The van der Waals surface area contributed by atoms with Gasteiger partial charge in [0.1, 0.15) is 7.85 Å². The molecule has 0 spiro atoms. The van der Waals surface area contributed by atoms with Gasteiger partial charge in [-0.05, 0) is 18.8 Å². The van der Waals surface area contributed by atoms with Gasteiger partial charge in [-0.25, -0.2) is 0 Å². The van der Waals surface area contributed by atoms with Crippen LogP contribution in [0.4, 0.5) is 0 Å². The Hall–Kier alpha value is -0.595. The number of hydrogen-bond acceptors (Lipinski definition) is 2. The summed E-state index contributed by atoms with van der Waals surface area (Å²) in [6.45, 7) is 5.83. The van der Waals surface area contributed by atoms with E-state index < -0.39 is 0 Å². The van der Waals surface area contributed by atoms with E-state index in [1.165, 1.54) is 0 Å². The predicted molar refractivity (Wildman–Crippen MR) is 58.3 cm³/mol. The topological polar surface area (TPSA) is 18.5 Å². The van der Waals surface area contributed by atoms with Gasteiger partial charge in [-0.1, -0.05) is 26.7 Å². The highest BCUT2D eigenvalue weighted by molar-refractivity contribution is 6.17. The highest BCUT2D eigenvalue weighted by Crippen LogP contribution is 2.02. The first-order valence-corrected chi connectivity index (χ1v) is 5.27. The Bertz CT molecular complexity index is 123. The van der Waals surface area contributed by atoms with Gasteiger partial charge in [0, 0.05) is 0 Å². The van der Waals surface area contributed by atoms with Gasteiger partial charge in [0.15, 0.2) is 0 Å². The van der Waals surface area contributed by atoms with E-state index in [-0.39, 0.29) is 0 Å². The fraction of sp³-hybridized carbons (Fsp3) is 0.800. The van der Waals surface area contributed by atoms with Crippen molar-refractivity contribution in [2.75, 3.05) is 13.2 Å². The Labute approximate surface area is 82.7 Å². The van der Waals surface area contributed by atoms with Crippen LogP contribution < -0.4 is 0 Å². The summed E-state index contributed by atoms with van der Waals surface area (Å²) in [5, 5.41) is 0. The summed E-state index contributed by atoms with van der Waals surface area (Å²) in [5.74, 6) is 2.56. The van der Waals surface area contributed by atoms with E-state index in [0.29, 0.717) is 5.95 Å². The molecule has 13 heavy (non-hydrogen) atoms. The van der Waals surface area contributed by atoms with Gasteiger partial charge >= 0.3 is 0 Å². The maximum atomic E-state index is 5.42. The standard InChI is InChI=1S/C10H21BO2/c1-3-5-7-12-10(9-11)13-8-6-4-2/h9H,3-8,11H2,1-2H3. The van der Waals surface area contributed by atoms with Gasteiger partial charge in [0.2, 0.25) is 0 Å². The Morgan fingerprint density at radius 1 is 1.08 bits per heavy atom. The first-order chi connectivity index (χ1) is 6.35. The largest absolute Gasteiger partial charge is 0.466 e. The fourth-order valence-electron chi connectivity index (χ4n) is 0.843.